The Hall–Kier alpha value is -0.900. The number of nitrogens with one attached hydrogen (secondary N) is 1. The van der Waals surface area contributed by atoms with Gasteiger partial charge in [-0.15, -0.1) is 0 Å². The van der Waals surface area contributed by atoms with Gasteiger partial charge in [-0.2, -0.15) is 0 Å². The van der Waals surface area contributed by atoms with E-state index in [1.54, 1.807) is 0 Å². The number of rotatable bonds is 6. The Kier molecular flexibility index (Phi) is 5.67. The number of nitrogens with zero attached hydrogens (tertiary/aromatic N) is 1. The highest BCUT2D eigenvalue weighted by atomic mass is 16.5. The highest BCUT2D eigenvalue weighted by Crippen LogP contribution is 2.18. The van der Waals surface area contributed by atoms with E-state index in [0.717, 1.165) is 26.1 Å². The fraction of sp³-hybridized carbons (Fsp3) is 0.667. The molecule has 0 bridgehead atoms. The zero-order valence-electron chi connectivity index (χ0n) is 13.0. The summed E-state index contributed by atoms with van der Waals surface area (Å²) in [4.78, 5) is 2.68. The third kappa shape index (κ3) is 4.53. The molecule has 2 aliphatic heterocycles. The smallest absolute Gasteiger partial charge is 0.0576 e. The normalized spacial score (nSPS) is 27.0. The Morgan fingerprint density at radius 1 is 1.24 bits per heavy atom. The topological polar surface area (TPSA) is 24.5 Å². The molecule has 0 amide bonds. The van der Waals surface area contributed by atoms with Crippen LogP contribution in [0.25, 0.3) is 0 Å². The molecule has 0 saturated carbocycles. The van der Waals surface area contributed by atoms with Gasteiger partial charge >= 0.3 is 0 Å². The number of piperazine rings is 1. The summed E-state index contributed by atoms with van der Waals surface area (Å²) in [6.45, 7) is 5.64. The van der Waals surface area contributed by atoms with Gasteiger partial charge in [-0.1, -0.05) is 30.3 Å². The zero-order valence-corrected chi connectivity index (χ0v) is 13.0. The van der Waals surface area contributed by atoms with Gasteiger partial charge in [0.1, 0.15) is 0 Å². The first-order valence-corrected chi connectivity index (χ1v) is 8.52. The quantitative estimate of drug-likeness (QED) is 0.870. The van der Waals surface area contributed by atoms with Gasteiger partial charge in [-0.05, 0) is 44.2 Å². The summed E-state index contributed by atoms with van der Waals surface area (Å²) in [5, 5.41) is 3.55. The maximum atomic E-state index is 5.73. The molecule has 2 saturated heterocycles. The predicted octanol–water partition coefficient (Wildman–Crippen LogP) is 2.46. The fourth-order valence-electron chi connectivity index (χ4n) is 3.58. The van der Waals surface area contributed by atoms with E-state index in [-0.39, 0.29) is 0 Å². The molecule has 0 spiro atoms. The molecule has 116 valence electrons. The lowest BCUT2D eigenvalue weighted by Gasteiger charge is -2.36. The third-order valence-corrected chi connectivity index (χ3v) is 4.78. The predicted molar refractivity (Wildman–Crippen MR) is 86.6 cm³/mol. The van der Waals surface area contributed by atoms with Gasteiger partial charge in [-0.25, -0.2) is 0 Å². The Bertz CT molecular complexity index is 403. The second-order valence-electron chi connectivity index (χ2n) is 6.36. The molecule has 1 aromatic rings. The molecular formula is C18H28N2O. The standard InChI is InChI=1S/C18H28N2O/c1-2-6-16(7-3-1)14-17-15-19-10-12-20(17)11-4-8-18-9-5-13-21-18/h1-3,6-7,17-19H,4-5,8-15H2. The van der Waals surface area contributed by atoms with Crippen molar-refractivity contribution in [3.05, 3.63) is 35.9 Å². The van der Waals surface area contributed by atoms with E-state index in [0.29, 0.717) is 12.1 Å². The number of benzene rings is 1. The first-order chi connectivity index (χ1) is 10.4. The third-order valence-electron chi connectivity index (χ3n) is 4.78. The van der Waals surface area contributed by atoms with Gasteiger partial charge in [0, 0.05) is 32.3 Å². The van der Waals surface area contributed by atoms with E-state index < -0.39 is 0 Å². The summed E-state index contributed by atoms with van der Waals surface area (Å²) < 4.78 is 5.73. The lowest BCUT2D eigenvalue weighted by atomic mass is 10.0. The zero-order chi connectivity index (χ0) is 14.3. The Morgan fingerprint density at radius 3 is 2.95 bits per heavy atom. The molecule has 21 heavy (non-hydrogen) atoms. The van der Waals surface area contributed by atoms with Crippen molar-refractivity contribution in [1.29, 1.82) is 0 Å². The molecule has 2 atom stereocenters. The summed E-state index contributed by atoms with van der Waals surface area (Å²) in [7, 11) is 0. The lowest BCUT2D eigenvalue weighted by Crippen LogP contribution is -2.52. The van der Waals surface area contributed by atoms with Gasteiger partial charge in [0.25, 0.3) is 0 Å². The van der Waals surface area contributed by atoms with Crippen molar-refractivity contribution in [1.82, 2.24) is 10.2 Å². The van der Waals surface area contributed by atoms with Crippen molar-refractivity contribution >= 4 is 0 Å². The summed E-state index contributed by atoms with van der Waals surface area (Å²) in [6, 6.07) is 11.5. The molecule has 2 fully saturated rings. The SMILES string of the molecule is c1ccc(CC2CNCCN2CCCC2CCCO2)cc1. The largest absolute Gasteiger partial charge is 0.378 e. The lowest BCUT2D eigenvalue weighted by molar-refractivity contribution is 0.0928. The van der Waals surface area contributed by atoms with Crippen molar-refractivity contribution in [3.8, 4) is 0 Å². The van der Waals surface area contributed by atoms with E-state index in [9.17, 15) is 0 Å². The molecule has 1 N–H and O–H groups in total. The van der Waals surface area contributed by atoms with Gasteiger partial charge in [0.15, 0.2) is 0 Å². The summed E-state index contributed by atoms with van der Waals surface area (Å²) in [5.41, 5.74) is 1.45. The first-order valence-electron chi connectivity index (χ1n) is 8.52. The van der Waals surface area contributed by atoms with Gasteiger partial charge in [0.2, 0.25) is 0 Å². The van der Waals surface area contributed by atoms with E-state index in [2.05, 4.69) is 40.5 Å². The van der Waals surface area contributed by atoms with Gasteiger partial charge in [0.05, 0.1) is 6.10 Å². The van der Waals surface area contributed by atoms with Crippen LogP contribution in [0.3, 0.4) is 0 Å². The van der Waals surface area contributed by atoms with E-state index in [4.69, 9.17) is 4.74 Å². The van der Waals surface area contributed by atoms with Crippen molar-refractivity contribution in [3.63, 3.8) is 0 Å². The molecule has 2 unspecified atom stereocenters. The van der Waals surface area contributed by atoms with Crippen LogP contribution in [-0.2, 0) is 11.2 Å². The highest BCUT2D eigenvalue weighted by Gasteiger charge is 2.22. The van der Waals surface area contributed by atoms with Crippen molar-refractivity contribution in [2.75, 3.05) is 32.8 Å². The molecule has 3 rings (SSSR count). The fourth-order valence-corrected chi connectivity index (χ4v) is 3.58. The maximum Gasteiger partial charge on any atom is 0.0576 e. The van der Waals surface area contributed by atoms with Crippen LogP contribution in [0.1, 0.15) is 31.2 Å². The second-order valence-corrected chi connectivity index (χ2v) is 6.36. The van der Waals surface area contributed by atoms with Crippen LogP contribution in [0.2, 0.25) is 0 Å². The van der Waals surface area contributed by atoms with Crippen molar-refractivity contribution < 1.29 is 4.74 Å². The molecule has 3 heteroatoms. The van der Waals surface area contributed by atoms with Crippen LogP contribution < -0.4 is 5.32 Å². The van der Waals surface area contributed by atoms with E-state index in [1.165, 1.54) is 44.3 Å². The van der Waals surface area contributed by atoms with Crippen LogP contribution >= 0.6 is 0 Å². The van der Waals surface area contributed by atoms with Crippen LogP contribution in [0.5, 0.6) is 0 Å². The first kappa shape index (κ1) is 15.0. The minimum Gasteiger partial charge on any atom is -0.378 e. The molecule has 0 radical (unpaired) electrons. The molecule has 0 aromatic heterocycles. The second kappa shape index (κ2) is 7.92. The minimum absolute atomic E-state index is 0.542. The van der Waals surface area contributed by atoms with E-state index in [1.807, 2.05) is 0 Å². The Balaban J connectivity index is 1.47. The van der Waals surface area contributed by atoms with E-state index >= 15 is 0 Å². The van der Waals surface area contributed by atoms with Crippen LogP contribution in [-0.4, -0.2) is 49.8 Å². The molecule has 0 aliphatic carbocycles. The molecule has 3 nitrogen and oxygen atoms in total. The summed E-state index contributed by atoms with van der Waals surface area (Å²) in [5.74, 6) is 0. The van der Waals surface area contributed by atoms with Gasteiger partial charge in [-0.3, -0.25) is 4.90 Å². The summed E-state index contributed by atoms with van der Waals surface area (Å²) >= 11 is 0. The number of ether oxygens (including phenoxy) is 1. The monoisotopic (exact) mass is 288 g/mol. The average molecular weight is 288 g/mol. The van der Waals surface area contributed by atoms with Gasteiger partial charge < -0.3 is 10.1 Å². The molecule has 2 heterocycles. The Labute approximate surface area is 128 Å². The van der Waals surface area contributed by atoms with Crippen LogP contribution in [0.4, 0.5) is 0 Å². The highest BCUT2D eigenvalue weighted by molar-refractivity contribution is 5.16. The van der Waals surface area contributed by atoms with Crippen LogP contribution in [0.15, 0.2) is 30.3 Å². The van der Waals surface area contributed by atoms with Crippen molar-refractivity contribution in [2.45, 2.75) is 44.2 Å². The number of hydrogen-bond acceptors (Lipinski definition) is 3. The number of hydrogen-bond donors (Lipinski definition) is 1. The molecule has 1 aromatic carbocycles. The van der Waals surface area contributed by atoms with Crippen LogP contribution in [0, 0.1) is 0 Å². The minimum atomic E-state index is 0.542. The molecular weight excluding hydrogens is 260 g/mol. The summed E-state index contributed by atoms with van der Waals surface area (Å²) in [6.07, 6.45) is 6.75. The average Bonchev–Trinajstić information content (AvgIpc) is 3.03. The molecule has 2 aliphatic rings. The maximum absolute atomic E-state index is 5.73. The Morgan fingerprint density at radius 2 is 2.14 bits per heavy atom. The van der Waals surface area contributed by atoms with Crippen molar-refractivity contribution in [2.24, 2.45) is 0 Å².